The van der Waals surface area contributed by atoms with E-state index in [0.29, 0.717) is 0 Å². The topological polar surface area (TPSA) is 25.3 Å². The number of benzene rings is 2. The van der Waals surface area contributed by atoms with Crippen molar-refractivity contribution in [2.45, 2.75) is 187 Å². The van der Waals surface area contributed by atoms with Crippen molar-refractivity contribution in [3.05, 3.63) is 88.0 Å². The Morgan fingerprint density at radius 3 is 1.62 bits per heavy atom. The van der Waals surface area contributed by atoms with Crippen molar-refractivity contribution in [2.24, 2.45) is 0 Å². The zero-order chi connectivity index (χ0) is 34.7. The molecule has 0 bridgehead atoms. The fourth-order valence-electron chi connectivity index (χ4n) is 6.28. The zero-order valence-electron chi connectivity index (χ0n) is 31.9. The summed E-state index contributed by atoms with van der Waals surface area (Å²) < 4.78 is 1.44. The van der Waals surface area contributed by atoms with Crippen LogP contribution in [-0.2, 0) is 27.3 Å². The number of nitrogens with zero attached hydrogens (tertiary/aromatic N) is 2. The Labute approximate surface area is 304 Å². The molecule has 0 unspecified atom stereocenters. The van der Waals surface area contributed by atoms with Crippen LogP contribution in [0.3, 0.4) is 0 Å². The summed E-state index contributed by atoms with van der Waals surface area (Å²) in [5.41, 5.74) is 19.4. The molecule has 0 fully saturated rings. The summed E-state index contributed by atoms with van der Waals surface area (Å²) in [4.78, 5) is 0. The van der Waals surface area contributed by atoms with Crippen LogP contribution >= 0.6 is 0 Å². The van der Waals surface area contributed by atoms with Gasteiger partial charge in [0.2, 0.25) is 11.4 Å². The predicted octanol–water partition coefficient (Wildman–Crippen LogP) is 15.4. The van der Waals surface area contributed by atoms with Gasteiger partial charge in [0.1, 0.15) is 0 Å². The van der Waals surface area contributed by atoms with E-state index in [4.69, 9.17) is 0 Å². The van der Waals surface area contributed by atoms with Gasteiger partial charge in [0.15, 0.2) is 0 Å². The average Bonchev–Trinajstić information content (AvgIpc) is 3.44. The van der Waals surface area contributed by atoms with E-state index >= 15 is 0 Å². The first kappa shape index (κ1) is 42.2. The summed E-state index contributed by atoms with van der Waals surface area (Å²) in [5, 5.41) is 2.84. The molecule has 0 radical (unpaired) electrons. The Morgan fingerprint density at radius 2 is 1.02 bits per heavy atom. The first-order chi connectivity index (χ1) is 23.6. The second kappa shape index (κ2) is 27.8. The van der Waals surface area contributed by atoms with E-state index in [9.17, 15) is 5.53 Å². The van der Waals surface area contributed by atoms with Gasteiger partial charge in [0, 0.05) is 22.8 Å². The summed E-state index contributed by atoms with van der Waals surface area (Å²) >= 11 is 2.00. The molecule has 1 aliphatic heterocycles. The van der Waals surface area contributed by atoms with Crippen LogP contribution in [0.25, 0.3) is 16.9 Å². The summed E-state index contributed by atoms with van der Waals surface area (Å²) in [6.45, 7) is 11.3. The molecule has 0 spiro atoms. The summed E-state index contributed by atoms with van der Waals surface area (Å²) in [6, 6.07) is 17.6. The molecular formula is C45H72N2Ni. The quantitative estimate of drug-likeness (QED) is 0.0531. The van der Waals surface area contributed by atoms with Crippen molar-refractivity contribution in [1.29, 1.82) is 0 Å². The number of unbranched alkanes of at least 4 members (excludes halogenated alkanes) is 14. The number of allylic oxidation sites excluding steroid dienone is 2. The maximum absolute atomic E-state index is 11.3. The van der Waals surface area contributed by atoms with Crippen LogP contribution in [-0.4, -0.2) is 4.70 Å². The van der Waals surface area contributed by atoms with Crippen molar-refractivity contribution >= 4 is 11.4 Å². The first-order valence-electron chi connectivity index (χ1n) is 20.2. The van der Waals surface area contributed by atoms with Gasteiger partial charge in [-0.2, -0.15) is 0 Å². The van der Waals surface area contributed by atoms with Gasteiger partial charge >= 0.3 is 103 Å². The Balaban J connectivity index is 0.000000450. The molecule has 0 aliphatic carbocycles. The molecule has 0 saturated carbocycles. The van der Waals surface area contributed by atoms with Crippen molar-refractivity contribution in [2.75, 3.05) is 0 Å². The summed E-state index contributed by atoms with van der Waals surface area (Å²) in [5.74, 6) is 0. The molecule has 0 N–H and O–H groups in total. The molecule has 0 atom stereocenters. The molecule has 3 rings (SSSR count). The van der Waals surface area contributed by atoms with E-state index in [1.165, 1.54) is 148 Å². The Bertz CT molecular complexity index is 1160. The minimum atomic E-state index is 0.898. The van der Waals surface area contributed by atoms with Gasteiger partial charge in [-0.25, -0.2) is 4.70 Å². The van der Waals surface area contributed by atoms with Gasteiger partial charge in [0.05, 0.1) is 0 Å². The normalized spacial score (nSPS) is 12.9. The van der Waals surface area contributed by atoms with Crippen molar-refractivity contribution in [3.63, 3.8) is 0 Å². The third-order valence-electron chi connectivity index (χ3n) is 9.35. The average molecular weight is 700 g/mol. The molecule has 1 heterocycles. The number of hydrogen-bond acceptors (Lipinski definition) is 0. The van der Waals surface area contributed by atoms with E-state index in [-0.39, 0.29) is 0 Å². The van der Waals surface area contributed by atoms with E-state index in [1.807, 2.05) is 14.4 Å². The predicted molar refractivity (Wildman–Crippen MR) is 209 cm³/mol. The SMILES string of the molecule is CCCCCCC1=C(c2cccc(CCCC)c2)[N+](=[N-])C(c2ccc(CCCCC)cc2)=C1.CCCCCC[CH2][Ni][CH2]CCCCCC. The molecule has 272 valence electrons. The Hall–Kier alpha value is -1.99. The molecule has 0 aromatic heterocycles. The molecule has 48 heavy (non-hydrogen) atoms. The molecule has 1 aliphatic rings. The van der Waals surface area contributed by atoms with Crippen LogP contribution in [0.15, 0.2) is 60.2 Å². The van der Waals surface area contributed by atoms with E-state index in [0.717, 1.165) is 48.2 Å². The van der Waals surface area contributed by atoms with E-state index in [2.05, 4.69) is 89.2 Å². The van der Waals surface area contributed by atoms with Gasteiger partial charge in [-0.05, 0) is 73.9 Å². The van der Waals surface area contributed by atoms with Gasteiger partial charge in [0.25, 0.3) is 0 Å². The number of aryl methyl sites for hydroxylation is 2. The Morgan fingerprint density at radius 1 is 0.500 bits per heavy atom. The van der Waals surface area contributed by atoms with Crippen LogP contribution in [0.2, 0.25) is 10.8 Å². The molecule has 0 amide bonds. The summed E-state index contributed by atoms with van der Waals surface area (Å²) in [7, 11) is 0. The van der Waals surface area contributed by atoms with Gasteiger partial charge < -0.3 is 5.53 Å². The van der Waals surface area contributed by atoms with Gasteiger partial charge in [-0.15, -0.1) is 0 Å². The summed E-state index contributed by atoms with van der Waals surface area (Å²) in [6.07, 6.45) is 30.9. The van der Waals surface area contributed by atoms with Crippen LogP contribution < -0.4 is 0 Å². The molecule has 3 heteroatoms. The fraction of sp³-hybridized carbons (Fsp3) is 0.644. The van der Waals surface area contributed by atoms with Crippen molar-refractivity contribution in [1.82, 2.24) is 0 Å². The maximum atomic E-state index is 11.3. The first-order valence-corrected chi connectivity index (χ1v) is 21.6. The molecule has 2 nitrogen and oxygen atoms in total. The molecular weight excluding hydrogens is 627 g/mol. The van der Waals surface area contributed by atoms with Crippen LogP contribution in [0.1, 0.15) is 185 Å². The van der Waals surface area contributed by atoms with E-state index in [1.54, 1.807) is 0 Å². The monoisotopic (exact) mass is 699 g/mol. The Kier molecular flexibility index (Phi) is 24.4. The fourth-order valence-corrected chi connectivity index (χ4v) is 7.51. The second-order valence-corrected chi connectivity index (χ2v) is 15.3. The van der Waals surface area contributed by atoms with Crippen LogP contribution in [0.5, 0.6) is 0 Å². The van der Waals surface area contributed by atoms with Gasteiger partial charge in [-0.1, -0.05) is 83.6 Å². The van der Waals surface area contributed by atoms with Crippen molar-refractivity contribution < 1.29 is 19.1 Å². The number of hydrogen-bond donors (Lipinski definition) is 0. The van der Waals surface area contributed by atoms with Gasteiger partial charge in [-0.3, -0.25) is 0 Å². The zero-order valence-corrected chi connectivity index (χ0v) is 32.9. The van der Waals surface area contributed by atoms with Crippen molar-refractivity contribution in [3.8, 4) is 0 Å². The van der Waals surface area contributed by atoms with Crippen LogP contribution in [0.4, 0.5) is 0 Å². The third kappa shape index (κ3) is 17.1. The minimum absolute atomic E-state index is 0.898. The standard InChI is InChI=1S/C31H42N2.2C7H15.Ni/c1-4-7-10-12-17-29-24-30(27-21-19-25(20-22-27)15-11-8-5-2)33(32)31(29)28-18-13-16-26(23-28)14-9-6-3;2*1-3-5-7-6-4-2;/h13,16,18-24H,4-12,14-15,17H2,1-3H3;2*1,3-7H2,2H3;. The van der Waals surface area contributed by atoms with E-state index < -0.39 is 0 Å². The number of rotatable bonds is 26. The third-order valence-corrected chi connectivity index (χ3v) is 10.7. The molecule has 2 aromatic carbocycles. The van der Waals surface area contributed by atoms with Crippen LogP contribution in [0, 0.1) is 0 Å². The molecule has 0 saturated heterocycles. The molecule has 2 aromatic rings. The second-order valence-electron chi connectivity index (χ2n) is 13.8.